The third-order valence-corrected chi connectivity index (χ3v) is 12.5. The predicted octanol–water partition coefficient (Wildman–Crippen LogP) is 7.14. The summed E-state index contributed by atoms with van der Waals surface area (Å²) in [5.41, 5.74) is 5.42. The predicted molar refractivity (Wildman–Crippen MR) is 220 cm³/mol. The van der Waals surface area contributed by atoms with Gasteiger partial charge in [0.05, 0.1) is 37.9 Å². The van der Waals surface area contributed by atoms with Crippen LogP contribution in [-0.4, -0.2) is 93.1 Å². The number of benzene rings is 2. The maximum Gasteiger partial charge on any atom is 0.407 e. The SMILES string of the molecule is COC(=O)N[C@H](C(=O)N1CCC[C@H]1c1nc(-c2ccc(-c3ccc(-c4c[nH]c(C56CCC(CN5C(=O)[C@@H](NC(=O)OC)C(C)C)C6)n4)cc3)c3ccoc23)c[nH]1)C(C)C. The van der Waals surface area contributed by atoms with Crippen LogP contribution in [0.5, 0.6) is 0 Å². The molecule has 2 bridgehead atoms. The monoisotopic (exact) mass is 804 g/mol. The second-order valence-electron chi connectivity index (χ2n) is 16.7. The highest BCUT2D eigenvalue weighted by Gasteiger charge is 2.56. The number of piperidine rings is 1. The summed E-state index contributed by atoms with van der Waals surface area (Å²) in [6.07, 6.45) is 8.41. The van der Waals surface area contributed by atoms with Gasteiger partial charge in [0.2, 0.25) is 11.8 Å². The maximum absolute atomic E-state index is 14.0. The smallest absolute Gasteiger partial charge is 0.407 e. The minimum absolute atomic E-state index is 0.113. The van der Waals surface area contributed by atoms with Crippen molar-refractivity contribution in [1.82, 2.24) is 40.4 Å². The summed E-state index contributed by atoms with van der Waals surface area (Å²) in [5, 5.41) is 6.39. The molecule has 0 radical (unpaired) electrons. The molecule has 5 aromatic rings. The number of hydrogen-bond acceptors (Lipinski definition) is 9. The summed E-state index contributed by atoms with van der Waals surface area (Å²) < 4.78 is 15.7. The first-order valence-corrected chi connectivity index (χ1v) is 20.5. The molecule has 310 valence electrons. The van der Waals surface area contributed by atoms with E-state index in [0.717, 1.165) is 71.3 Å². The van der Waals surface area contributed by atoms with Crippen LogP contribution in [0.3, 0.4) is 0 Å². The van der Waals surface area contributed by atoms with Crippen LogP contribution in [0.15, 0.2) is 65.5 Å². The molecule has 15 nitrogen and oxygen atoms in total. The van der Waals surface area contributed by atoms with Crippen molar-refractivity contribution in [1.29, 1.82) is 0 Å². The number of carbonyl (C=O) groups excluding carboxylic acids is 4. The van der Waals surface area contributed by atoms with Crippen LogP contribution in [0, 0.1) is 17.8 Å². The van der Waals surface area contributed by atoms with Crippen LogP contribution in [0.2, 0.25) is 0 Å². The van der Waals surface area contributed by atoms with Crippen molar-refractivity contribution in [2.45, 2.75) is 83.5 Å². The third-order valence-electron chi connectivity index (χ3n) is 12.5. The van der Waals surface area contributed by atoms with Gasteiger partial charge in [-0.1, -0.05) is 58.0 Å². The number of aromatic nitrogens is 4. The van der Waals surface area contributed by atoms with Gasteiger partial charge in [-0.3, -0.25) is 9.59 Å². The Balaban J connectivity index is 1.00. The van der Waals surface area contributed by atoms with E-state index in [0.29, 0.717) is 36.1 Å². The average molecular weight is 805 g/mol. The Kier molecular flexibility index (Phi) is 10.7. The van der Waals surface area contributed by atoms with Gasteiger partial charge in [0.1, 0.15) is 34.9 Å². The lowest BCUT2D eigenvalue weighted by atomic mass is 9.93. The fraction of sp³-hybridized carbons (Fsp3) is 0.455. The van der Waals surface area contributed by atoms with Gasteiger partial charge in [0.25, 0.3) is 0 Å². The van der Waals surface area contributed by atoms with Gasteiger partial charge in [-0.15, -0.1) is 0 Å². The lowest BCUT2D eigenvalue weighted by Gasteiger charge is -2.40. The van der Waals surface area contributed by atoms with Crippen molar-refractivity contribution in [2.75, 3.05) is 27.3 Å². The molecule has 2 aliphatic heterocycles. The molecule has 4 amide bonds. The number of fused-ring (bicyclic) bond motifs is 3. The number of hydrogen-bond donors (Lipinski definition) is 4. The number of rotatable bonds is 11. The molecule has 2 unspecified atom stereocenters. The minimum Gasteiger partial charge on any atom is -0.464 e. The number of carbonyl (C=O) groups is 4. The molecule has 15 heteroatoms. The highest BCUT2D eigenvalue weighted by atomic mass is 16.5. The number of alkyl carbamates (subject to hydrolysis) is 2. The summed E-state index contributed by atoms with van der Waals surface area (Å²) in [6, 6.07) is 12.6. The summed E-state index contributed by atoms with van der Waals surface area (Å²) >= 11 is 0. The summed E-state index contributed by atoms with van der Waals surface area (Å²) in [6.45, 7) is 8.84. The molecule has 0 spiro atoms. The Bertz CT molecular complexity index is 2360. The number of imidazole rings is 2. The van der Waals surface area contributed by atoms with Crippen LogP contribution in [0.4, 0.5) is 9.59 Å². The maximum atomic E-state index is 14.0. The lowest BCUT2D eigenvalue weighted by Crippen LogP contribution is -2.56. The molecule has 3 aromatic heterocycles. The van der Waals surface area contributed by atoms with Crippen molar-refractivity contribution in [3.8, 4) is 33.6 Å². The molecular formula is C44H52N8O7. The Morgan fingerprint density at radius 1 is 0.814 bits per heavy atom. The zero-order valence-electron chi connectivity index (χ0n) is 34.3. The van der Waals surface area contributed by atoms with Crippen molar-refractivity contribution >= 4 is 35.0 Å². The Hall–Kier alpha value is -6.12. The first kappa shape index (κ1) is 39.7. The number of furan rings is 1. The molecule has 2 saturated heterocycles. The van der Waals surface area contributed by atoms with E-state index in [2.05, 4.69) is 50.9 Å². The normalized spacial score (nSPS) is 21.0. The molecule has 1 saturated carbocycles. The van der Waals surface area contributed by atoms with Crippen molar-refractivity contribution in [3.05, 3.63) is 72.8 Å². The quantitative estimate of drug-likeness (QED) is 0.108. The Morgan fingerprint density at radius 3 is 2.15 bits per heavy atom. The second-order valence-corrected chi connectivity index (χ2v) is 16.7. The van der Waals surface area contributed by atoms with Gasteiger partial charge in [-0.25, -0.2) is 19.6 Å². The number of aromatic amines is 2. The molecule has 4 N–H and O–H groups in total. The van der Waals surface area contributed by atoms with Gasteiger partial charge in [0.15, 0.2) is 0 Å². The zero-order chi connectivity index (χ0) is 41.6. The number of likely N-dealkylation sites (tertiary alicyclic amines) is 2. The highest BCUT2D eigenvalue weighted by Crippen LogP contribution is 2.52. The van der Waals surface area contributed by atoms with Crippen LogP contribution in [0.25, 0.3) is 44.6 Å². The average Bonchev–Trinajstić information content (AvgIpc) is 4.10. The van der Waals surface area contributed by atoms with E-state index < -0.39 is 29.8 Å². The topological polar surface area (TPSA) is 188 Å². The van der Waals surface area contributed by atoms with E-state index in [1.165, 1.54) is 14.2 Å². The second kappa shape index (κ2) is 15.9. The standard InChI is InChI=1S/C44H52N8O7/c1-24(2)35(49-42(55)57-5)39(53)51-18-7-8-34(51)38-45-22-33(47-38)31-14-13-29(30-16-19-59-37(30)31)27-9-11-28(12-10-27)32-21-46-41(48-32)44-17-15-26(20-44)23-52(44)40(54)36(25(3)4)50-43(56)58-6/h9-14,16,19,21-22,24-26,34-36H,7-8,15,17-18,20,23H2,1-6H3,(H,45,47)(H,46,48)(H,49,55)(H,50,56)/t26?,34-,35-,36-,44?/m0/s1. The fourth-order valence-electron chi connectivity index (χ4n) is 9.35. The zero-order valence-corrected chi connectivity index (χ0v) is 34.3. The molecule has 59 heavy (non-hydrogen) atoms. The molecule has 3 aliphatic rings. The molecule has 2 aromatic carbocycles. The van der Waals surface area contributed by atoms with E-state index >= 15 is 0 Å². The number of methoxy groups -OCH3 is 2. The fourth-order valence-corrected chi connectivity index (χ4v) is 9.35. The van der Waals surface area contributed by atoms with Crippen LogP contribution < -0.4 is 10.6 Å². The van der Waals surface area contributed by atoms with E-state index in [1.54, 1.807) is 11.2 Å². The van der Waals surface area contributed by atoms with Crippen LogP contribution in [0.1, 0.15) is 77.5 Å². The van der Waals surface area contributed by atoms with E-state index in [4.69, 9.17) is 23.9 Å². The molecular weight excluding hydrogens is 753 g/mol. The minimum atomic E-state index is -0.713. The molecule has 5 heterocycles. The van der Waals surface area contributed by atoms with Gasteiger partial charge in [-0.2, -0.15) is 0 Å². The number of H-pyrrole nitrogens is 2. The van der Waals surface area contributed by atoms with Crippen molar-refractivity contribution in [3.63, 3.8) is 0 Å². The Morgan fingerprint density at radius 2 is 1.47 bits per heavy atom. The molecule has 8 rings (SSSR count). The number of nitrogens with one attached hydrogen (secondary N) is 4. The van der Waals surface area contributed by atoms with Crippen molar-refractivity contribution < 1.29 is 33.1 Å². The highest BCUT2D eigenvalue weighted by molar-refractivity contribution is 6.01. The van der Waals surface area contributed by atoms with Gasteiger partial charge in [-0.05, 0) is 73.1 Å². The number of ether oxygens (including phenoxy) is 2. The van der Waals surface area contributed by atoms with Gasteiger partial charge >= 0.3 is 12.2 Å². The summed E-state index contributed by atoms with van der Waals surface area (Å²) in [7, 11) is 2.59. The molecule has 3 fully saturated rings. The lowest BCUT2D eigenvalue weighted by molar-refractivity contribution is -0.140. The number of nitrogens with zero attached hydrogens (tertiary/aromatic N) is 4. The number of amides is 4. The van der Waals surface area contributed by atoms with Crippen LogP contribution >= 0.6 is 0 Å². The summed E-state index contributed by atoms with van der Waals surface area (Å²) in [4.78, 5) is 72.3. The summed E-state index contributed by atoms with van der Waals surface area (Å²) in [5.74, 6) is 1.32. The van der Waals surface area contributed by atoms with Crippen molar-refractivity contribution in [2.24, 2.45) is 17.8 Å². The molecule has 1 aliphatic carbocycles. The first-order chi connectivity index (χ1) is 28.4. The molecule has 5 atom stereocenters. The van der Waals surface area contributed by atoms with E-state index in [1.807, 2.05) is 57.1 Å². The Labute approximate surface area is 342 Å². The van der Waals surface area contributed by atoms with Gasteiger partial charge < -0.3 is 44.3 Å². The largest absolute Gasteiger partial charge is 0.464 e. The van der Waals surface area contributed by atoms with Gasteiger partial charge in [0, 0.05) is 42.0 Å². The van der Waals surface area contributed by atoms with E-state index in [9.17, 15) is 19.2 Å². The first-order valence-electron chi connectivity index (χ1n) is 20.5. The third kappa shape index (κ3) is 7.20. The van der Waals surface area contributed by atoms with E-state index in [-0.39, 0.29) is 29.7 Å². The van der Waals surface area contributed by atoms with Crippen LogP contribution in [-0.2, 0) is 24.6 Å².